The summed E-state index contributed by atoms with van der Waals surface area (Å²) in [4.78, 5) is 0. The Balaban J connectivity index is 0. The van der Waals surface area contributed by atoms with Gasteiger partial charge in [0.05, 0.1) is 0 Å². The maximum absolute atomic E-state index is 6.61. The van der Waals surface area contributed by atoms with Gasteiger partial charge in [-0.05, 0) is 12.5 Å². The van der Waals surface area contributed by atoms with Crippen molar-refractivity contribution in [1.82, 2.24) is 0 Å². The highest BCUT2D eigenvalue weighted by Crippen LogP contribution is 1.51. The summed E-state index contributed by atoms with van der Waals surface area (Å²) in [6, 6.07) is 0. The lowest BCUT2D eigenvalue weighted by atomic mass is 11.9. The van der Waals surface area contributed by atoms with Crippen molar-refractivity contribution in [2.45, 2.75) is 0 Å². The van der Waals surface area contributed by atoms with Gasteiger partial charge in [0.15, 0.2) is 0 Å². The molecule has 1 N–H and O–H groups in total. The Bertz CT molecular complexity index is 32.6. The van der Waals surface area contributed by atoms with Gasteiger partial charge in [-0.3, -0.25) is 4.78 Å². The van der Waals surface area contributed by atoms with Gasteiger partial charge in [0.25, 0.3) is 0 Å². The fourth-order valence-corrected chi connectivity index (χ4v) is 0. The van der Waals surface area contributed by atoms with Crippen LogP contribution in [-0.4, -0.2) is 12.5 Å². The molecule has 0 saturated carbocycles. The van der Waals surface area contributed by atoms with Crippen molar-refractivity contribution in [2.24, 2.45) is 0 Å². The Hall–Kier alpha value is 0.440. The molecule has 0 bridgehead atoms. The van der Waals surface area contributed by atoms with Crippen LogP contribution in [0.4, 0.5) is 0 Å². The number of rotatable bonds is 0. The van der Waals surface area contributed by atoms with Crippen LogP contribution in [0.3, 0.4) is 0 Å². The van der Waals surface area contributed by atoms with Gasteiger partial charge >= 0.3 is 0 Å². The predicted octanol–water partition coefficient (Wildman–Crippen LogP) is 1.05. The van der Waals surface area contributed by atoms with E-state index in [0.717, 1.165) is 0 Å². The molecule has 0 aromatic heterocycles. The van der Waals surface area contributed by atoms with Crippen LogP contribution in [0.2, 0.25) is 0 Å². The maximum Gasteiger partial charge on any atom is -0.00802 e. The molecule has 34 valence electrons. The molecule has 0 aromatic rings. The molecule has 0 rings (SSSR count). The number of hydrogen-bond acceptors (Lipinski definition) is 1. The van der Waals surface area contributed by atoms with Crippen LogP contribution in [0.1, 0.15) is 0 Å². The summed E-state index contributed by atoms with van der Waals surface area (Å²) in [5, 5.41) is 0. The van der Waals surface area contributed by atoms with Crippen LogP contribution in [0.25, 0.3) is 0 Å². The molecule has 0 spiro atoms. The number of nitrogens with one attached hydrogen (secondary N) is 1. The summed E-state index contributed by atoms with van der Waals surface area (Å²) in [6.45, 7) is 0. The average Bonchev–Trinajstić information content (AvgIpc) is 0.811. The minimum atomic E-state index is -0.111. The lowest BCUT2D eigenvalue weighted by molar-refractivity contribution is 1.63. The molecule has 0 aliphatic rings. The Labute approximate surface area is 41.1 Å². The fourth-order valence-electron chi connectivity index (χ4n) is 0. The zero-order valence-electron chi connectivity index (χ0n) is 3.32. The van der Waals surface area contributed by atoms with E-state index in [-0.39, 0.29) is 23.1 Å². The van der Waals surface area contributed by atoms with Crippen LogP contribution in [0.5, 0.6) is 0 Å². The van der Waals surface area contributed by atoms with Gasteiger partial charge in [0.1, 0.15) is 0 Å². The van der Waals surface area contributed by atoms with Gasteiger partial charge in [0.2, 0.25) is 0 Å². The topological polar surface area (TPSA) is 23.9 Å². The Morgan fingerprint density at radius 2 is 1.40 bits per heavy atom. The fraction of sp³-hybridized carbons (Fsp3) is 1.00. The molecule has 3 heteroatoms. The predicted molar refractivity (Wildman–Crippen MR) is 29.2 cm³/mol. The standard InChI is InChI=1S/C2H7NS.ClH/c1-4(2)3;/h3H,1-2H3;1H. The number of halogens is 1. The minimum Gasteiger partial charge on any atom is -0.281 e. The Kier molecular flexibility index (Phi) is 8.05. The van der Waals surface area contributed by atoms with Crippen molar-refractivity contribution in [2.75, 3.05) is 12.5 Å². The summed E-state index contributed by atoms with van der Waals surface area (Å²) in [7, 11) is -0.111. The Morgan fingerprint density at radius 3 is 1.40 bits per heavy atom. The molecular weight excluding hydrogens is 106 g/mol. The van der Waals surface area contributed by atoms with Crippen molar-refractivity contribution in [1.29, 1.82) is 4.78 Å². The van der Waals surface area contributed by atoms with E-state index in [1.165, 1.54) is 0 Å². The molecule has 0 atom stereocenters. The first kappa shape index (κ1) is 9.06. The van der Waals surface area contributed by atoms with Gasteiger partial charge in [-0.25, -0.2) is 0 Å². The largest absolute Gasteiger partial charge is 0.281 e. The quantitative estimate of drug-likeness (QED) is 0.486. The zero-order chi connectivity index (χ0) is 3.58. The molecule has 0 aliphatic carbocycles. The third kappa shape index (κ3) is 137. The number of hydrogen-bond donors (Lipinski definition) is 1. The van der Waals surface area contributed by atoms with Crippen molar-refractivity contribution in [3.63, 3.8) is 0 Å². The third-order valence-electron chi connectivity index (χ3n) is 0. The monoisotopic (exact) mass is 113 g/mol. The summed E-state index contributed by atoms with van der Waals surface area (Å²) < 4.78 is 6.61. The zero-order valence-corrected chi connectivity index (χ0v) is 4.95. The van der Waals surface area contributed by atoms with E-state index in [1.54, 1.807) is 0 Å². The van der Waals surface area contributed by atoms with Gasteiger partial charge < -0.3 is 0 Å². The van der Waals surface area contributed by atoms with Crippen LogP contribution >= 0.6 is 12.4 Å². The minimum absolute atomic E-state index is 0. The smallest absolute Gasteiger partial charge is 0.00802 e. The average molecular weight is 114 g/mol. The van der Waals surface area contributed by atoms with Gasteiger partial charge in [-0.15, -0.1) is 23.1 Å². The molecule has 0 radical (unpaired) electrons. The molecule has 0 fully saturated rings. The van der Waals surface area contributed by atoms with Gasteiger partial charge in [0, 0.05) is 0 Å². The first-order valence-corrected chi connectivity index (χ1v) is 3.06. The lowest BCUT2D eigenvalue weighted by Crippen LogP contribution is -1.66. The first-order valence-electron chi connectivity index (χ1n) is 1.02. The summed E-state index contributed by atoms with van der Waals surface area (Å²) in [5.41, 5.74) is 0. The highest BCUT2D eigenvalue weighted by atomic mass is 35.5. The molecule has 0 heterocycles. The van der Waals surface area contributed by atoms with E-state index in [0.29, 0.717) is 0 Å². The van der Waals surface area contributed by atoms with Crippen LogP contribution in [0.15, 0.2) is 0 Å². The molecule has 5 heavy (non-hydrogen) atoms. The van der Waals surface area contributed by atoms with E-state index in [1.807, 2.05) is 12.5 Å². The summed E-state index contributed by atoms with van der Waals surface area (Å²) >= 11 is 0. The van der Waals surface area contributed by atoms with Crippen molar-refractivity contribution in [3.8, 4) is 0 Å². The summed E-state index contributed by atoms with van der Waals surface area (Å²) in [5.74, 6) is 0. The lowest BCUT2D eigenvalue weighted by Gasteiger charge is -1.67. The SMILES string of the molecule is CS(C)=N.Cl. The van der Waals surface area contributed by atoms with Crippen molar-refractivity contribution >= 4 is 23.1 Å². The first-order chi connectivity index (χ1) is 1.73. The van der Waals surface area contributed by atoms with Crippen molar-refractivity contribution < 1.29 is 0 Å². The molecule has 0 amide bonds. The van der Waals surface area contributed by atoms with Gasteiger partial charge in [-0.2, -0.15) is 0 Å². The molecule has 0 aromatic carbocycles. The third-order valence-corrected chi connectivity index (χ3v) is 0. The molecule has 0 aliphatic heterocycles. The van der Waals surface area contributed by atoms with Crippen LogP contribution < -0.4 is 0 Å². The van der Waals surface area contributed by atoms with Crippen LogP contribution in [0, 0.1) is 4.78 Å². The second kappa shape index (κ2) is 4.44. The molecular formula is C2H8ClNS. The molecule has 0 saturated heterocycles. The van der Waals surface area contributed by atoms with Crippen molar-refractivity contribution in [3.05, 3.63) is 0 Å². The normalized spacial score (nSPS) is 7.00. The maximum atomic E-state index is 6.61. The second-order valence-corrected chi connectivity index (χ2v) is 2.45. The molecule has 0 unspecified atom stereocenters. The Morgan fingerprint density at radius 1 is 1.40 bits per heavy atom. The van der Waals surface area contributed by atoms with E-state index >= 15 is 0 Å². The van der Waals surface area contributed by atoms with Crippen LogP contribution in [-0.2, 0) is 10.7 Å². The highest BCUT2D eigenvalue weighted by Gasteiger charge is 1.50. The second-order valence-electron chi connectivity index (χ2n) is 0.816. The van der Waals surface area contributed by atoms with E-state index in [9.17, 15) is 0 Å². The van der Waals surface area contributed by atoms with E-state index in [2.05, 4.69) is 0 Å². The van der Waals surface area contributed by atoms with Gasteiger partial charge in [-0.1, -0.05) is 0 Å². The summed E-state index contributed by atoms with van der Waals surface area (Å²) in [6.07, 6.45) is 3.72. The van der Waals surface area contributed by atoms with E-state index < -0.39 is 0 Å². The highest BCUT2D eigenvalue weighted by molar-refractivity contribution is 7.84. The molecule has 1 nitrogen and oxygen atoms in total. The van der Waals surface area contributed by atoms with E-state index in [4.69, 9.17) is 4.78 Å².